The molecule has 25 heavy (non-hydrogen) atoms. The average Bonchev–Trinajstić information content (AvgIpc) is 3.00. The van der Waals surface area contributed by atoms with E-state index < -0.39 is 0 Å². The molecule has 2 aromatic carbocycles. The van der Waals surface area contributed by atoms with Crippen LogP contribution in [0.5, 0.6) is 5.75 Å². The van der Waals surface area contributed by atoms with Gasteiger partial charge in [0.15, 0.2) is 5.13 Å². The number of ether oxygens (including phenoxy) is 1. The molecule has 1 aromatic heterocycles. The summed E-state index contributed by atoms with van der Waals surface area (Å²) >= 11 is 1.42. The highest BCUT2D eigenvalue weighted by Gasteiger charge is 2.30. The van der Waals surface area contributed by atoms with Gasteiger partial charge in [0.25, 0.3) is 0 Å². The molecule has 0 radical (unpaired) electrons. The Kier molecular flexibility index (Phi) is 4.11. The average molecular weight is 351 g/mol. The molecule has 4 rings (SSSR count). The molecular weight excluding hydrogens is 334 g/mol. The number of fused-ring (bicyclic) bond motifs is 1. The minimum absolute atomic E-state index is 0.0428. The van der Waals surface area contributed by atoms with Crippen molar-refractivity contribution in [3.05, 3.63) is 70.6 Å². The summed E-state index contributed by atoms with van der Waals surface area (Å²) in [6.45, 7) is 0.508. The van der Waals surface area contributed by atoms with Crippen LogP contribution in [0, 0.1) is 0 Å². The first-order valence-corrected chi connectivity index (χ1v) is 8.83. The number of nitrogens with zero attached hydrogens (tertiary/aromatic N) is 1. The molecule has 0 saturated carbocycles. The molecule has 1 amide bonds. The lowest BCUT2D eigenvalue weighted by molar-refractivity contribution is -0.116. The van der Waals surface area contributed by atoms with Crippen LogP contribution in [0.25, 0.3) is 0 Å². The Balaban J connectivity index is 1.58. The van der Waals surface area contributed by atoms with Crippen molar-refractivity contribution in [1.82, 2.24) is 4.98 Å². The number of nitrogen functional groups attached to an aromatic ring is 1. The number of aromatic nitrogens is 1. The molecule has 5 nitrogen and oxygen atoms in total. The Bertz CT molecular complexity index is 908. The SMILES string of the molecule is Nc1nc2c(s1)[C@H](c1cccc(OCc3ccccc3)c1)CC(=O)N2. The van der Waals surface area contributed by atoms with Crippen molar-refractivity contribution in [1.29, 1.82) is 0 Å². The molecule has 3 N–H and O–H groups in total. The number of carbonyl (C=O) groups is 1. The van der Waals surface area contributed by atoms with Gasteiger partial charge in [0, 0.05) is 12.3 Å². The van der Waals surface area contributed by atoms with Crippen molar-refractivity contribution in [3.63, 3.8) is 0 Å². The number of hydrogen-bond donors (Lipinski definition) is 2. The zero-order chi connectivity index (χ0) is 17.2. The monoisotopic (exact) mass is 351 g/mol. The van der Waals surface area contributed by atoms with Gasteiger partial charge in [-0.25, -0.2) is 4.98 Å². The standard InChI is InChI=1S/C19H17N3O2S/c20-19-22-18-17(25-19)15(10-16(23)21-18)13-7-4-8-14(9-13)24-11-12-5-2-1-3-6-12/h1-9,15H,10-11H2,(H2,20,22)(H,21,23)/t15-/m0/s1. The van der Waals surface area contributed by atoms with Crippen LogP contribution in [0.15, 0.2) is 54.6 Å². The first kappa shape index (κ1) is 15.7. The van der Waals surface area contributed by atoms with E-state index in [-0.39, 0.29) is 11.8 Å². The third-order valence-corrected chi connectivity index (χ3v) is 5.14. The highest BCUT2D eigenvalue weighted by molar-refractivity contribution is 7.16. The van der Waals surface area contributed by atoms with Gasteiger partial charge >= 0.3 is 0 Å². The fourth-order valence-corrected chi connectivity index (χ4v) is 3.88. The van der Waals surface area contributed by atoms with Crippen LogP contribution in [0.1, 0.15) is 28.3 Å². The molecule has 0 bridgehead atoms. The summed E-state index contributed by atoms with van der Waals surface area (Å²) in [4.78, 5) is 17.2. The number of anilines is 2. The van der Waals surface area contributed by atoms with Gasteiger partial charge in [-0.1, -0.05) is 53.8 Å². The number of nitrogens with two attached hydrogens (primary N) is 1. The maximum Gasteiger partial charge on any atom is 0.226 e. The van der Waals surface area contributed by atoms with E-state index in [0.29, 0.717) is 24.0 Å². The molecule has 0 fully saturated rings. The molecule has 0 spiro atoms. The number of rotatable bonds is 4. The molecule has 2 heterocycles. The Labute approximate surface area is 149 Å². The minimum atomic E-state index is -0.0431. The summed E-state index contributed by atoms with van der Waals surface area (Å²) < 4.78 is 5.91. The summed E-state index contributed by atoms with van der Waals surface area (Å²) in [5.74, 6) is 1.28. The smallest absolute Gasteiger partial charge is 0.226 e. The lowest BCUT2D eigenvalue weighted by Gasteiger charge is -2.22. The van der Waals surface area contributed by atoms with Gasteiger partial charge in [0.1, 0.15) is 18.2 Å². The normalized spacial score (nSPS) is 16.2. The topological polar surface area (TPSA) is 77.2 Å². The molecule has 1 aliphatic rings. The second-order valence-electron chi connectivity index (χ2n) is 5.92. The highest BCUT2D eigenvalue weighted by atomic mass is 32.1. The van der Waals surface area contributed by atoms with Gasteiger partial charge < -0.3 is 15.8 Å². The van der Waals surface area contributed by atoms with Crippen molar-refractivity contribution < 1.29 is 9.53 Å². The summed E-state index contributed by atoms with van der Waals surface area (Å²) in [6, 6.07) is 17.9. The third-order valence-electron chi connectivity index (χ3n) is 4.14. The van der Waals surface area contributed by atoms with Crippen LogP contribution in [0.2, 0.25) is 0 Å². The van der Waals surface area contributed by atoms with E-state index in [2.05, 4.69) is 10.3 Å². The number of hydrogen-bond acceptors (Lipinski definition) is 5. The second kappa shape index (κ2) is 6.57. The van der Waals surface area contributed by atoms with Gasteiger partial charge in [0.2, 0.25) is 5.91 Å². The lowest BCUT2D eigenvalue weighted by Crippen LogP contribution is -2.22. The van der Waals surface area contributed by atoms with E-state index in [1.165, 1.54) is 11.3 Å². The van der Waals surface area contributed by atoms with Gasteiger partial charge in [0.05, 0.1) is 4.88 Å². The van der Waals surface area contributed by atoms with Crippen LogP contribution in [-0.4, -0.2) is 10.9 Å². The molecule has 3 aromatic rings. The van der Waals surface area contributed by atoms with Crippen LogP contribution in [0.3, 0.4) is 0 Å². The van der Waals surface area contributed by atoms with E-state index >= 15 is 0 Å². The maximum atomic E-state index is 12.0. The third kappa shape index (κ3) is 3.34. The largest absolute Gasteiger partial charge is 0.489 e. The van der Waals surface area contributed by atoms with E-state index in [9.17, 15) is 4.79 Å². The maximum absolute atomic E-state index is 12.0. The number of carbonyl (C=O) groups excluding carboxylic acids is 1. The molecule has 0 aliphatic carbocycles. The Morgan fingerprint density at radius 2 is 2.04 bits per heavy atom. The Morgan fingerprint density at radius 1 is 1.20 bits per heavy atom. The zero-order valence-corrected chi connectivity index (χ0v) is 14.3. The van der Waals surface area contributed by atoms with Crippen LogP contribution >= 0.6 is 11.3 Å². The summed E-state index contributed by atoms with van der Waals surface area (Å²) in [6.07, 6.45) is 0.386. The fraction of sp³-hybridized carbons (Fsp3) is 0.158. The minimum Gasteiger partial charge on any atom is -0.489 e. The lowest BCUT2D eigenvalue weighted by atomic mass is 9.91. The van der Waals surface area contributed by atoms with Gasteiger partial charge in [-0.3, -0.25) is 4.79 Å². The van der Waals surface area contributed by atoms with Crippen molar-refractivity contribution >= 4 is 28.2 Å². The van der Waals surface area contributed by atoms with E-state index in [1.54, 1.807) is 0 Å². The van der Waals surface area contributed by atoms with Gasteiger partial charge in [-0.05, 0) is 23.3 Å². The second-order valence-corrected chi connectivity index (χ2v) is 6.98. The fourth-order valence-electron chi connectivity index (χ4n) is 2.97. The number of nitrogens with one attached hydrogen (secondary N) is 1. The predicted octanol–water partition coefficient (Wildman–Crippen LogP) is 3.78. The van der Waals surface area contributed by atoms with Gasteiger partial charge in [-0.15, -0.1) is 0 Å². The predicted molar refractivity (Wildman–Crippen MR) is 98.8 cm³/mol. The van der Waals surface area contributed by atoms with E-state index in [1.807, 2.05) is 54.6 Å². The first-order valence-electron chi connectivity index (χ1n) is 8.02. The first-order chi connectivity index (χ1) is 12.2. The molecule has 126 valence electrons. The van der Waals surface area contributed by atoms with E-state index in [0.717, 1.165) is 21.8 Å². The summed E-state index contributed by atoms with van der Waals surface area (Å²) in [5, 5.41) is 3.26. The van der Waals surface area contributed by atoms with Crippen LogP contribution < -0.4 is 15.8 Å². The quantitative estimate of drug-likeness (QED) is 0.750. The summed E-state index contributed by atoms with van der Waals surface area (Å²) in [7, 11) is 0. The van der Waals surface area contributed by atoms with Crippen LogP contribution in [0.4, 0.5) is 10.9 Å². The number of thiazole rings is 1. The number of amides is 1. The molecule has 0 unspecified atom stereocenters. The Hall–Kier alpha value is -2.86. The molecule has 1 atom stereocenters. The highest BCUT2D eigenvalue weighted by Crippen LogP contribution is 2.42. The van der Waals surface area contributed by atoms with E-state index in [4.69, 9.17) is 10.5 Å². The van der Waals surface area contributed by atoms with Crippen molar-refractivity contribution in [3.8, 4) is 5.75 Å². The zero-order valence-electron chi connectivity index (χ0n) is 13.4. The van der Waals surface area contributed by atoms with Crippen molar-refractivity contribution in [2.75, 3.05) is 11.1 Å². The van der Waals surface area contributed by atoms with Crippen molar-refractivity contribution in [2.45, 2.75) is 18.9 Å². The van der Waals surface area contributed by atoms with Crippen LogP contribution in [-0.2, 0) is 11.4 Å². The molecule has 1 aliphatic heterocycles. The van der Waals surface area contributed by atoms with Crippen molar-refractivity contribution in [2.24, 2.45) is 0 Å². The number of benzene rings is 2. The Morgan fingerprint density at radius 3 is 2.88 bits per heavy atom. The molecule has 6 heteroatoms. The summed E-state index contributed by atoms with van der Waals surface area (Å²) in [5.41, 5.74) is 7.96. The molecular formula is C19H17N3O2S. The van der Waals surface area contributed by atoms with Gasteiger partial charge in [-0.2, -0.15) is 0 Å². The molecule has 0 saturated heterocycles.